The number of allylic oxidation sites excluding steroid dienone is 6. The molecular formula is C33H40N2O2. The highest BCUT2D eigenvalue weighted by atomic mass is 16.4. The number of hydrogen-bond donors (Lipinski definition) is 0. The molecule has 0 saturated carbocycles. The molecule has 0 fully saturated rings. The van der Waals surface area contributed by atoms with Gasteiger partial charge in [-0.05, 0) is 57.7 Å². The van der Waals surface area contributed by atoms with Gasteiger partial charge in [-0.1, -0.05) is 68.5 Å². The van der Waals surface area contributed by atoms with Crippen LogP contribution in [0.15, 0.2) is 84.6 Å². The van der Waals surface area contributed by atoms with E-state index < -0.39 is 5.97 Å². The number of aliphatic carboxylic acids is 1. The summed E-state index contributed by atoms with van der Waals surface area (Å²) in [7, 11) is 0. The van der Waals surface area contributed by atoms with Crippen LogP contribution in [0.25, 0.3) is 0 Å². The lowest BCUT2D eigenvalue weighted by molar-refractivity contribution is -0.438. The molecule has 2 aliphatic heterocycles. The van der Waals surface area contributed by atoms with E-state index in [1.165, 1.54) is 33.9 Å². The summed E-state index contributed by atoms with van der Waals surface area (Å²) in [6.07, 6.45) is 13.5. The van der Waals surface area contributed by atoms with E-state index in [0.717, 1.165) is 25.9 Å². The molecule has 0 saturated heterocycles. The molecule has 2 aromatic carbocycles. The molecule has 0 atom stereocenters. The molecule has 0 spiro atoms. The number of nitrogens with zero attached hydrogens (tertiary/aromatic N) is 2. The maximum Gasteiger partial charge on any atom is 0.209 e. The van der Waals surface area contributed by atoms with E-state index in [-0.39, 0.29) is 17.3 Å². The summed E-state index contributed by atoms with van der Waals surface area (Å²) in [6.45, 7) is 13.2. The molecular weight excluding hydrogens is 456 g/mol. The largest absolute Gasteiger partial charge is 0.550 e. The standard InChI is InChI=1S/C33H40N2O2/c1-6-34-27-19-14-12-17-25(27)32(2,3)29(34)21-9-7-10-22-30-33(4,5)26-18-13-15-20-28(26)35(30)24-16-8-11-23-31(36)37/h7,9-10,12-15,17-22H,6,8,11,16,23-24H2,1-5H3. The minimum atomic E-state index is -0.962. The second kappa shape index (κ2) is 10.9. The van der Waals surface area contributed by atoms with Gasteiger partial charge in [0.2, 0.25) is 5.69 Å². The first kappa shape index (κ1) is 26.7. The van der Waals surface area contributed by atoms with Crippen molar-refractivity contribution >= 4 is 23.1 Å². The molecule has 194 valence electrons. The highest BCUT2D eigenvalue weighted by molar-refractivity contribution is 6.03. The number of carboxylic acids is 1. The van der Waals surface area contributed by atoms with Gasteiger partial charge in [0.25, 0.3) is 0 Å². The molecule has 0 amide bonds. The van der Waals surface area contributed by atoms with Crippen molar-refractivity contribution in [1.29, 1.82) is 0 Å². The zero-order chi connectivity index (χ0) is 26.6. The number of para-hydroxylation sites is 2. The molecule has 0 bridgehead atoms. The van der Waals surface area contributed by atoms with Gasteiger partial charge < -0.3 is 14.8 Å². The van der Waals surface area contributed by atoms with Crippen molar-refractivity contribution in [3.63, 3.8) is 0 Å². The Bertz CT molecular complexity index is 1280. The van der Waals surface area contributed by atoms with Crippen molar-refractivity contribution in [3.8, 4) is 0 Å². The van der Waals surface area contributed by atoms with Crippen molar-refractivity contribution in [2.45, 2.75) is 71.1 Å². The Labute approximate surface area is 222 Å². The summed E-state index contributed by atoms with van der Waals surface area (Å²) in [6, 6.07) is 17.3. The number of fused-ring (bicyclic) bond motifs is 2. The Hall–Kier alpha value is -3.40. The lowest BCUT2D eigenvalue weighted by Crippen LogP contribution is -2.28. The highest BCUT2D eigenvalue weighted by Gasteiger charge is 2.43. The Morgan fingerprint density at radius 3 is 2.32 bits per heavy atom. The van der Waals surface area contributed by atoms with Crippen LogP contribution in [0.2, 0.25) is 0 Å². The lowest BCUT2D eigenvalue weighted by Gasteiger charge is -2.25. The number of anilines is 1. The number of carboxylic acid groups (broad SMARTS) is 1. The molecule has 0 N–H and O–H groups in total. The normalized spacial score (nSPS) is 18.8. The zero-order valence-corrected chi connectivity index (χ0v) is 23.0. The second-order valence-corrected chi connectivity index (χ2v) is 11.0. The van der Waals surface area contributed by atoms with Gasteiger partial charge in [0.05, 0.1) is 5.41 Å². The van der Waals surface area contributed by atoms with Gasteiger partial charge in [0.1, 0.15) is 6.54 Å². The Morgan fingerprint density at radius 1 is 0.892 bits per heavy atom. The van der Waals surface area contributed by atoms with E-state index in [4.69, 9.17) is 0 Å². The van der Waals surface area contributed by atoms with E-state index >= 15 is 0 Å². The SMILES string of the molecule is CCN1/C(=C/C=C/C=C/C2=[N+](CCCCCC(=O)[O-])c3ccccc3C2(C)C)C(C)(C)c2ccccc21. The van der Waals surface area contributed by atoms with Crippen molar-refractivity contribution in [2.24, 2.45) is 0 Å². The summed E-state index contributed by atoms with van der Waals surface area (Å²) in [5.74, 6) is -0.962. The summed E-state index contributed by atoms with van der Waals surface area (Å²) in [5, 5.41) is 10.8. The molecule has 2 heterocycles. The molecule has 0 unspecified atom stereocenters. The van der Waals surface area contributed by atoms with Gasteiger partial charge in [-0.15, -0.1) is 0 Å². The maximum atomic E-state index is 10.8. The Morgan fingerprint density at radius 2 is 1.59 bits per heavy atom. The highest BCUT2D eigenvalue weighted by Crippen LogP contribution is 2.47. The fourth-order valence-corrected chi connectivity index (χ4v) is 5.94. The predicted octanol–water partition coefficient (Wildman–Crippen LogP) is 6.19. The molecule has 0 radical (unpaired) electrons. The monoisotopic (exact) mass is 496 g/mol. The van der Waals surface area contributed by atoms with E-state index in [2.05, 4.69) is 123 Å². The molecule has 4 nitrogen and oxygen atoms in total. The van der Waals surface area contributed by atoms with Gasteiger partial charge in [0.15, 0.2) is 5.71 Å². The van der Waals surface area contributed by atoms with Crippen molar-refractivity contribution in [2.75, 3.05) is 18.0 Å². The Kier molecular flexibility index (Phi) is 7.87. The van der Waals surface area contributed by atoms with Gasteiger partial charge in [-0.3, -0.25) is 0 Å². The minimum absolute atomic E-state index is 0.0298. The molecule has 4 rings (SSSR count). The smallest absolute Gasteiger partial charge is 0.209 e. The van der Waals surface area contributed by atoms with Crippen LogP contribution in [0.4, 0.5) is 11.4 Å². The predicted molar refractivity (Wildman–Crippen MR) is 152 cm³/mol. The van der Waals surface area contributed by atoms with Gasteiger partial charge in [0, 0.05) is 53.4 Å². The number of likely N-dealkylation sites (N-methyl/N-ethyl adjacent to an activating group) is 1. The van der Waals surface area contributed by atoms with Crippen LogP contribution in [0, 0.1) is 0 Å². The number of hydrogen-bond acceptors (Lipinski definition) is 3. The van der Waals surface area contributed by atoms with Crippen LogP contribution in [-0.4, -0.2) is 29.3 Å². The third kappa shape index (κ3) is 5.20. The van der Waals surface area contributed by atoms with E-state index in [1.807, 2.05) is 0 Å². The first-order chi connectivity index (χ1) is 17.7. The number of carbonyl (C=O) groups is 1. The molecule has 2 aliphatic rings. The lowest BCUT2D eigenvalue weighted by atomic mass is 9.81. The number of rotatable bonds is 10. The van der Waals surface area contributed by atoms with Crippen LogP contribution in [0.3, 0.4) is 0 Å². The summed E-state index contributed by atoms with van der Waals surface area (Å²) >= 11 is 0. The second-order valence-electron chi connectivity index (χ2n) is 11.0. The van der Waals surface area contributed by atoms with Crippen LogP contribution in [0.1, 0.15) is 71.4 Å². The number of carbonyl (C=O) groups excluding carboxylic acids is 1. The van der Waals surface area contributed by atoms with E-state index in [1.54, 1.807) is 0 Å². The topological polar surface area (TPSA) is 46.4 Å². The van der Waals surface area contributed by atoms with Crippen molar-refractivity contribution in [3.05, 3.63) is 95.7 Å². The Balaban J connectivity index is 1.55. The van der Waals surface area contributed by atoms with Crippen LogP contribution >= 0.6 is 0 Å². The van der Waals surface area contributed by atoms with Crippen LogP contribution < -0.4 is 10.0 Å². The third-order valence-electron chi connectivity index (χ3n) is 7.91. The molecule has 4 heteroatoms. The third-order valence-corrected chi connectivity index (χ3v) is 7.91. The molecule has 0 aromatic heterocycles. The summed E-state index contributed by atoms with van der Waals surface area (Å²) < 4.78 is 2.41. The molecule has 0 aliphatic carbocycles. The van der Waals surface area contributed by atoms with E-state index in [0.29, 0.717) is 6.42 Å². The van der Waals surface area contributed by atoms with Crippen LogP contribution in [0.5, 0.6) is 0 Å². The average Bonchev–Trinajstić information content (AvgIpc) is 3.22. The number of unbranched alkanes of at least 4 members (excludes halogenated alkanes) is 2. The minimum Gasteiger partial charge on any atom is -0.550 e. The van der Waals surface area contributed by atoms with Gasteiger partial charge >= 0.3 is 0 Å². The molecule has 2 aromatic rings. The first-order valence-electron chi connectivity index (χ1n) is 13.6. The fourth-order valence-electron chi connectivity index (χ4n) is 5.94. The van der Waals surface area contributed by atoms with Crippen LogP contribution in [-0.2, 0) is 15.6 Å². The fraction of sp³-hybridized carbons (Fsp3) is 0.394. The van der Waals surface area contributed by atoms with Gasteiger partial charge in [-0.25, -0.2) is 0 Å². The summed E-state index contributed by atoms with van der Waals surface area (Å²) in [4.78, 5) is 13.2. The quantitative estimate of drug-likeness (QED) is 0.224. The van der Waals surface area contributed by atoms with Crippen molar-refractivity contribution < 1.29 is 14.5 Å². The first-order valence-corrected chi connectivity index (χ1v) is 13.6. The number of benzene rings is 2. The average molecular weight is 497 g/mol. The summed E-state index contributed by atoms with van der Waals surface area (Å²) in [5.41, 5.74) is 7.73. The van der Waals surface area contributed by atoms with Gasteiger partial charge in [-0.2, -0.15) is 4.58 Å². The van der Waals surface area contributed by atoms with Crippen molar-refractivity contribution in [1.82, 2.24) is 0 Å². The molecule has 37 heavy (non-hydrogen) atoms. The van der Waals surface area contributed by atoms with E-state index in [9.17, 15) is 9.90 Å². The zero-order valence-electron chi connectivity index (χ0n) is 23.0. The maximum absolute atomic E-state index is 10.8.